The molecule has 1 aromatic rings. The molecule has 0 saturated heterocycles. The van der Waals surface area contributed by atoms with E-state index < -0.39 is 0 Å². The second kappa shape index (κ2) is 5.31. The van der Waals surface area contributed by atoms with Crippen molar-refractivity contribution in [3.05, 3.63) is 12.4 Å². The Morgan fingerprint density at radius 1 is 1.77 bits per heavy atom. The van der Waals surface area contributed by atoms with Gasteiger partial charge in [0.25, 0.3) is 0 Å². The van der Waals surface area contributed by atoms with Crippen LogP contribution in [0.3, 0.4) is 0 Å². The number of nitrogens with one attached hydrogen (secondary N) is 1. The topological polar surface area (TPSA) is 68.2 Å². The normalized spacial score (nSPS) is 10.9. The molecule has 0 fully saturated rings. The maximum Gasteiger partial charge on any atom is 0.0865 e. The summed E-state index contributed by atoms with van der Waals surface area (Å²) in [4.78, 5) is 3.81. The fraction of sp³-hybridized carbons (Fsp3) is 0.500. The van der Waals surface area contributed by atoms with Gasteiger partial charge in [-0.2, -0.15) is 5.10 Å². The van der Waals surface area contributed by atoms with Crippen LogP contribution in [0.25, 0.3) is 0 Å². The summed E-state index contributed by atoms with van der Waals surface area (Å²) in [5, 5.41) is 7.13. The second-order valence-corrected chi connectivity index (χ2v) is 2.67. The van der Waals surface area contributed by atoms with Gasteiger partial charge >= 0.3 is 0 Å². The van der Waals surface area contributed by atoms with E-state index in [2.05, 4.69) is 15.4 Å². The monoisotopic (exact) mass is 181 g/mol. The Balaban J connectivity index is 2.43. The van der Waals surface area contributed by atoms with Crippen LogP contribution in [0.1, 0.15) is 6.42 Å². The van der Waals surface area contributed by atoms with Gasteiger partial charge in [-0.1, -0.05) is 0 Å². The Bertz CT molecular complexity index is 265. The maximum absolute atomic E-state index is 5.39. The molecule has 0 radical (unpaired) electrons. The van der Waals surface area contributed by atoms with E-state index in [4.69, 9.17) is 5.73 Å². The molecule has 5 heteroatoms. The number of aryl methyl sites for hydroxylation is 1. The Kier molecular flexibility index (Phi) is 3.98. The first-order valence-electron chi connectivity index (χ1n) is 4.26. The standard InChI is InChI=1S/C8H15N5/c1-10-7-11-8-5-12-13(6-8)4-2-3-9/h5-7H,2-4,9H2,1H3,(H,10,11). The molecule has 1 heterocycles. The number of rotatable bonds is 5. The lowest BCUT2D eigenvalue weighted by Crippen LogP contribution is -2.05. The van der Waals surface area contributed by atoms with Gasteiger partial charge < -0.3 is 11.1 Å². The molecule has 1 rings (SSSR count). The summed E-state index contributed by atoms with van der Waals surface area (Å²) in [6.45, 7) is 1.56. The summed E-state index contributed by atoms with van der Waals surface area (Å²) in [5.41, 5.74) is 6.33. The molecule has 0 saturated carbocycles. The number of nitrogens with zero attached hydrogens (tertiary/aromatic N) is 3. The molecule has 0 aliphatic carbocycles. The summed E-state index contributed by atoms with van der Waals surface area (Å²) in [7, 11) is 1.71. The van der Waals surface area contributed by atoms with E-state index in [-0.39, 0.29) is 0 Å². The molecule has 5 nitrogen and oxygen atoms in total. The molecule has 0 spiro atoms. The van der Waals surface area contributed by atoms with E-state index in [1.807, 2.05) is 10.9 Å². The smallest absolute Gasteiger partial charge is 0.0865 e. The summed E-state index contributed by atoms with van der Waals surface area (Å²) in [6, 6.07) is 0. The summed E-state index contributed by atoms with van der Waals surface area (Å²) in [5.74, 6) is 0. The zero-order chi connectivity index (χ0) is 9.52. The quantitative estimate of drug-likeness (QED) is 0.507. The summed E-state index contributed by atoms with van der Waals surface area (Å²) >= 11 is 0. The highest BCUT2D eigenvalue weighted by molar-refractivity contribution is 5.74. The van der Waals surface area contributed by atoms with E-state index in [1.54, 1.807) is 19.6 Å². The molecule has 0 atom stereocenters. The van der Waals surface area contributed by atoms with Crippen molar-refractivity contribution >= 4 is 12.0 Å². The van der Waals surface area contributed by atoms with Gasteiger partial charge in [0, 0.05) is 19.8 Å². The summed E-state index contributed by atoms with van der Waals surface area (Å²) in [6.07, 6.45) is 6.27. The van der Waals surface area contributed by atoms with E-state index in [0.717, 1.165) is 18.7 Å². The van der Waals surface area contributed by atoms with Crippen molar-refractivity contribution < 1.29 is 0 Å². The minimum atomic E-state index is 0.693. The molecular weight excluding hydrogens is 166 g/mol. The van der Waals surface area contributed by atoms with Crippen molar-refractivity contribution in [3.8, 4) is 0 Å². The SMILES string of the molecule is CN=CNc1cnn(CCCN)c1. The second-order valence-electron chi connectivity index (χ2n) is 2.67. The molecule has 72 valence electrons. The Morgan fingerprint density at radius 2 is 2.62 bits per heavy atom. The minimum Gasteiger partial charge on any atom is -0.344 e. The third-order valence-corrected chi connectivity index (χ3v) is 1.58. The average molecular weight is 181 g/mol. The highest BCUT2D eigenvalue weighted by atomic mass is 15.3. The van der Waals surface area contributed by atoms with Gasteiger partial charge in [-0.15, -0.1) is 0 Å². The summed E-state index contributed by atoms with van der Waals surface area (Å²) < 4.78 is 1.86. The first-order chi connectivity index (χ1) is 6.36. The van der Waals surface area contributed by atoms with Gasteiger partial charge in [0.15, 0.2) is 0 Å². The van der Waals surface area contributed by atoms with Crippen molar-refractivity contribution in [2.75, 3.05) is 18.9 Å². The van der Waals surface area contributed by atoms with Gasteiger partial charge in [0.2, 0.25) is 0 Å². The molecule has 0 unspecified atom stereocenters. The van der Waals surface area contributed by atoms with Crippen molar-refractivity contribution in [2.45, 2.75) is 13.0 Å². The zero-order valence-corrected chi connectivity index (χ0v) is 7.77. The van der Waals surface area contributed by atoms with Crippen LogP contribution in [0.5, 0.6) is 0 Å². The highest BCUT2D eigenvalue weighted by Gasteiger charge is 1.94. The number of aliphatic imine (C=N–C) groups is 1. The Labute approximate surface area is 77.6 Å². The molecule has 0 amide bonds. The van der Waals surface area contributed by atoms with Crippen LogP contribution in [0.15, 0.2) is 17.4 Å². The number of aromatic nitrogens is 2. The molecule has 0 aromatic carbocycles. The molecule has 3 N–H and O–H groups in total. The van der Waals surface area contributed by atoms with Crippen LogP contribution in [-0.2, 0) is 6.54 Å². The van der Waals surface area contributed by atoms with Gasteiger partial charge in [-0.05, 0) is 13.0 Å². The predicted octanol–water partition coefficient (Wildman–Crippen LogP) is 0.302. The molecule has 0 aliphatic rings. The van der Waals surface area contributed by atoms with Crippen LogP contribution in [0.2, 0.25) is 0 Å². The van der Waals surface area contributed by atoms with Gasteiger partial charge in [0.05, 0.1) is 18.2 Å². The molecule has 1 aromatic heterocycles. The van der Waals surface area contributed by atoms with Crippen molar-refractivity contribution in [1.29, 1.82) is 0 Å². The first-order valence-corrected chi connectivity index (χ1v) is 4.26. The number of nitrogens with two attached hydrogens (primary N) is 1. The molecule has 13 heavy (non-hydrogen) atoms. The third kappa shape index (κ3) is 3.25. The van der Waals surface area contributed by atoms with Crippen LogP contribution in [-0.4, -0.2) is 29.7 Å². The van der Waals surface area contributed by atoms with Crippen molar-refractivity contribution in [1.82, 2.24) is 9.78 Å². The van der Waals surface area contributed by atoms with E-state index in [1.165, 1.54) is 0 Å². The van der Waals surface area contributed by atoms with Gasteiger partial charge in [-0.25, -0.2) is 0 Å². The van der Waals surface area contributed by atoms with Crippen LogP contribution in [0.4, 0.5) is 5.69 Å². The Morgan fingerprint density at radius 3 is 3.31 bits per heavy atom. The van der Waals surface area contributed by atoms with Crippen LogP contribution < -0.4 is 11.1 Å². The largest absolute Gasteiger partial charge is 0.344 e. The Hall–Kier alpha value is -1.36. The highest BCUT2D eigenvalue weighted by Crippen LogP contribution is 2.03. The number of hydrogen-bond acceptors (Lipinski definition) is 3. The lowest BCUT2D eigenvalue weighted by atomic mass is 10.4. The molecule has 0 bridgehead atoms. The van der Waals surface area contributed by atoms with E-state index >= 15 is 0 Å². The van der Waals surface area contributed by atoms with Crippen LogP contribution in [0, 0.1) is 0 Å². The number of hydrogen-bond donors (Lipinski definition) is 2. The average Bonchev–Trinajstić information content (AvgIpc) is 2.59. The zero-order valence-electron chi connectivity index (χ0n) is 7.77. The fourth-order valence-corrected chi connectivity index (χ4v) is 0.953. The maximum atomic E-state index is 5.39. The van der Waals surface area contributed by atoms with Crippen LogP contribution >= 0.6 is 0 Å². The lowest BCUT2D eigenvalue weighted by molar-refractivity contribution is 0.585. The van der Waals surface area contributed by atoms with Crippen molar-refractivity contribution in [2.24, 2.45) is 10.7 Å². The fourth-order valence-electron chi connectivity index (χ4n) is 0.953. The van der Waals surface area contributed by atoms with Gasteiger partial charge in [0.1, 0.15) is 0 Å². The minimum absolute atomic E-state index is 0.693. The molecular formula is C8H15N5. The predicted molar refractivity (Wildman–Crippen MR) is 53.9 cm³/mol. The molecule has 0 aliphatic heterocycles. The third-order valence-electron chi connectivity index (χ3n) is 1.58. The van der Waals surface area contributed by atoms with Gasteiger partial charge in [-0.3, -0.25) is 9.67 Å². The van der Waals surface area contributed by atoms with E-state index in [0.29, 0.717) is 6.54 Å². The van der Waals surface area contributed by atoms with E-state index in [9.17, 15) is 0 Å². The van der Waals surface area contributed by atoms with Crippen molar-refractivity contribution in [3.63, 3.8) is 0 Å². The lowest BCUT2D eigenvalue weighted by Gasteiger charge is -1.97. The first kappa shape index (κ1) is 9.73. The number of anilines is 1.